The van der Waals surface area contributed by atoms with Crippen LogP contribution in [0.3, 0.4) is 0 Å². The molecule has 3 aromatic rings. The summed E-state index contributed by atoms with van der Waals surface area (Å²) < 4.78 is 6.73. The lowest BCUT2D eigenvalue weighted by molar-refractivity contribution is 0.102. The van der Waals surface area contributed by atoms with E-state index < -0.39 is 0 Å². The Balaban J connectivity index is 1.81. The maximum Gasteiger partial charge on any atom is 0.255 e. The van der Waals surface area contributed by atoms with Crippen molar-refractivity contribution in [1.82, 2.24) is 19.7 Å². The van der Waals surface area contributed by atoms with E-state index in [0.717, 1.165) is 5.69 Å². The molecule has 0 fully saturated rings. The second-order valence-electron chi connectivity index (χ2n) is 5.49. The molecule has 0 aliphatic carbocycles. The highest BCUT2D eigenvalue weighted by molar-refractivity contribution is 6.04. The van der Waals surface area contributed by atoms with Gasteiger partial charge in [0.15, 0.2) is 5.82 Å². The molecule has 25 heavy (non-hydrogen) atoms. The molecular formula is C17H18N6O2. The summed E-state index contributed by atoms with van der Waals surface area (Å²) in [7, 11) is 5.36. The first-order valence-corrected chi connectivity index (χ1v) is 7.56. The predicted octanol–water partition coefficient (Wildman–Crippen LogP) is 1.99. The van der Waals surface area contributed by atoms with Gasteiger partial charge in [0.05, 0.1) is 31.4 Å². The first-order chi connectivity index (χ1) is 12.1. The Morgan fingerprint density at radius 2 is 2.12 bits per heavy atom. The molecule has 3 rings (SSSR count). The van der Waals surface area contributed by atoms with Crippen molar-refractivity contribution in [2.75, 3.05) is 31.4 Å². The van der Waals surface area contributed by atoms with E-state index in [1.54, 1.807) is 54.6 Å². The third-order valence-electron chi connectivity index (χ3n) is 3.54. The van der Waals surface area contributed by atoms with Crippen molar-refractivity contribution in [3.05, 3.63) is 54.7 Å². The fourth-order valence-electron chi connectivity index (χ4n) is 2.28. The molecule has 1 amide bonds. The minimum Gasteiger partial charge on any atom is -0.497 e. The molecule has 8 heteroatoms. The van der Waals surface area contributed by atoms with Gasteiger partial charge < -0.3 is 15.0 Å². The third-order valence-corrected chi connectivity index (χ3v) is 3.54. The maximum atomic E-state index is 12.4. The molecule has 128 valence electrons. The molecule has 0 atom stereocenters. The van der Waals surface area contributed by atoms with Crippen LogP contribution in [0.2, 0.25) is 0 Å². The summed E-state index contributed by atoms with van der Waals surface area (Å²) in [6.45, 7) is 0. The third kappa shape index (κ3) is 3.57. The van der Waals surface area contributed by atoms with Gasteiger partial charge in [-0.3, -0.25) is 4.79 Å². The van der Waals surface area contributed by atoms with Crippen molar-refractivity contribution in [1.29, 1.82) is 0 Å². The van der Waals surface area contributed by atoms with Gasteiger partial charge in [0.25, 0.3) is 5.91 Å². The van der Waals surface area contributed by atoms with Crippen LogP contribution in [0.25, 0.3) is 5.82 Å². The molecule has 2 aromatic heterocycles. The highest BCUT2D eigenvalue weighted by atomic mass is 16.5. The Labute approximate surface area is 145 Å². The molecule has 0 saturated carbocycles. The van der Waals surface area contributed by atoms with Crippen LogP contribution in [0.4, 0.5) is 11.4 Å². The molecule has 8 nitrogen and oxygen atoms in total. The molecule has 0 saturated heterocycles. The van der Waals surface area contributed by atoms with E-state index in [2.05, 4.69) is 20.4 Å². The highest BCUT2D eigenvalue weighted by Crippen LogP contribution is 2.20. The molecule has 2 heterocycles. The van der Waals surface area contributed by atoms with Gasteiger partial charge in [-0.15, -0.1) is 0 Å². The quantitative estimate of drug-likeness (QED) is 0.766. The second kappa shape index (κ2) is 7.00. The minimum atomic E-state index is -0.242. The smallest absolute Gasteiger partial charge is 0.255 e. The number of anilines is 2. The average molecular weight is 338 g/mol. The van der Waals surface area contributed by atoms with Crippen LogP contribution >= 0.6 is 0 Å². The standard InChI is InChI=1S/C17H18N6O2/c1-22(2)15-9-18-11-19-16(15)23-10-13(8-20-23)21-17(24)12-5-4-6-14(7-12)25-3/h4-11H,1-3H3,(H,21,24). The number of amides is 1. The van der Waals surface area contributed by atoms with E-state index in [1.165, 1.54) is 6.33 Å². The summed E-state index contributed by atoms with van der Waals surface area (Å²) in [4.78, 5) is 22.5. The number of ether oxygens (including phenoxy) is 1. The number of carbonyl (C=O) groups is 1. The molecular weight excluding hydrogens is 320 g/mol. The van der Waals surface area contributed by atoms with Crippen LogP contribution in [-0.4, -0.2) is 46.9 Å². The Kier molecular flexibility index (Phi) is 4.60. The second-order valence-corrected chi connectivity index (χ2v) is 5.49. The fraction of sp³-hybridized carbons (Fsp3) is 0.176. The lowest BCUT2D eigenvalue weighted by Crippen LogP contribution is -2.14. The van der Waals surface area contributed by atoms with E-state index in [0.29, 0.717) is 22.8 Å². The Hall–Kier alpha value is -3.42. The number of rotatable bonds is 5. The van der Waals surface area contributed by atoms with Crippen LogP contribution in [0, 0.1) is 0 Å². The molecule has 1 aromatic carbocycles. The van der Waals surface area contributed by atoms with E-state index in [-0.39, 0.29) is 5.91 Å². The van der Waals surface area contributed by atoms with Crippen molar-refractivity contribution in [2.24, 2.45) is 0 Å². The van der Waals surface area contributed by atoms with Crippen molar-refractivity contribution in [3.8, 4) is 11.6 Å². The molecule has 0 aliphatic rings. The topological polar surface area (TPSA) is 85.2 Å². The zero-order valence-electron chi connectivity index (χ0n) is 14.2. The average Bonchev–Trinajstić information content (AvgIpc) is 3.10. The van der Waals surface area contributed by atoms with Gasteiger partial charge >= 0.3 is 0 Å². The first-order valence-electron chi connectivity index (χ1n) is 7.56. The van der Waals surface area contributed by atoms with Gasteiger partial charge in [-0.1, -0.05) is 6.07 Å². The summed E-state index contributed by atoms with van der Waals surface area (Å²) >= 11 is 0. The number of methoxy groups -OCH3 is 1. The van der Waals surface area contributed by atoms with Crippen molar-refractivity contribution < 1.29 is 9.53 Å². The van der Waals surface area contributed by atoms with Gasteiger partial charge in [-0.05, 0) is 18.2 Å². The number of nitrogens with one attached hydrogen (secondary N) is 1. The molecule has 0 bridgehead atoms. The number of aromatic nitrogens is 4. The van der Waals surface area contributed by atoms with E-state index in [1.807, 2.05) is 19.0 Å². The first kappa shape index (κ1) is 16.4. The minimum absolute atomic E-state index is 0.242. The van der Waals surface area contributed by atoms with Crippen LogP contribution < -0.4 is 15.0 Å². The Morgan fingerprint density at radius 1 is 1.28 bits per heavy atom. The SMILES string of the molecule is COc1cccc(C(=O)Nc2cnn(-c3ncncc3N(C)C)c2)c1. The normalized spacial score (nSPS) is 10.4. The van der Waals surface area contributed by atoms with Gasteiger partial charge in [0.2, 0.25) is 0 Å². The molecule has 1 N–H and O–H groups in total. The van der Waals surface area contributed by atoms with Crippen molar-refractivity contribution in [3.63, 3.8) is 0 Å². The van der Waals surface area contributed by atoms with Crippen LogP contribution in [-0.2, 0) is 0 Å². The molecule has 0 aliphatic heterocycles. The van der Waals surface area contributed by atoms with Gasteiger partial charge in [0, 0.05) is 19.7 Å². The summed E-state index contributed by atoms with van der Waals surface area (Å²) in [5.74, 6) is 1.01. The summed E-state index contributed by atoms with van der Waals surface area (Å²) in [6.07, 6.45) is 6.43. The van der Waals surface area contributed by atoms with E-state index in [9.17, 15) is 4.79 Å². The zero-order chi connectivity index (χ0) is 17.8. The lowest BCUT2D eigenvalue weighted by Gasteiger charge is -2.14. The maximum absolute atomic E-state index is 12.4. The Bertz CT molecular complexity index is 890. The van der Waals surface area contributed by atoms with Crippen molar-refractivity contribution in [2.45, 2.75) is 0 Å². The van der Waals surface area contributed by atoms with Gasteiger partial charge in [-0.25, -0.2) is 14.6 Å². The molecule has 0 unspecified atom stereocenters. The molecule has 0 spiro atoms. The molecule has 0 radical (unpaired) electrons. The fourth-order valence-corrected chi connectivity index (χ4v) is 2.28. The van der Waals surface area contributed by atoms with Crippen LogP contribution in [0.1, 0.15) is 10.4 Å². The lowest BCUT2D eigenvalue weighted by atomic mass is 10.2. The van der Waals surface area contributed by atoms with Crippen LogP contribution in [0.5, 0.6) is 5.75 Å². The predicted molar refractivity (Wildman–Crippen MR) is 94.4 cm³/mol. The van der Waals surface area contributed by atoms with Crippen LogP contribution in [0.15, 0.2) is 49.2 Å². The number of hydrogen-bond acceptors (Lipinski definition) is 6. The number of hydrogen-bond donors (Lipinski definition) is 1. The Morgan fingerprint density at radius 3 is 2.88 bits per heavy atom. The van der Waals surface area contributed by atoms with E-state index >= 15 is 0 Å². The largest absolute Gasteiger partial charge is 0.497 e. The van der Waals surface area contributed by atoms with Gasteiger partial charge in [-0.2, -0.15) is 5.10 Å². The summed E-state index contributed by atoms with van der Waals surface area (Å²) in [5, 5.41) is 7.08. The summed E-state index contributed by atoms with van der Waals surface area (Å²) in [6, 6.07) is 6.94. The number of carbonyl (C=O) groups excluding carboxylic acids is 1. The monoisotopic (exact) mass is 338 g/mol. The number of nitrogens with zero attached hydrogens (tertiary/aromatic N) is 5. The summed E-state index contributed by atoms with van der Waals surface area (Å²) in [5.41, 5.74) is 1.88. The van der Waals surface area contributed by atoms with Crippen molar-refractivity contribution >= 4 is 17.3 Å². The zero-order valence-corrected chi connectivity index (χ0v) is 14.2. The number of benzene rings is 1. The highest BCUT2D eigenvalue weighted by Gasteiger charge is 2.12. The van der Waals surface area contributed by atoms with Gasteiger partial charge in [0.1, 0.15) is 17.8 Å². The van der Waals surface area contributed by atoms with E-state index in [4.69, 9.17) is 4.74 Å².